The van der Waals surface area contributed by atoms with Crippen LogP contribution in [0.3, 0.4) is 0 Å². The van der Waals surface area contributed by atoms with E-state index in [4.69, 9.17) is 11.6 Å². The standard InChI is InChI=1S/C20H24ClN7O3/c1-11(2)27-5-6-28-12(7-15(29)18(30)17(28)20(27)31)9-22-3-4-23-16-8-14-13(10-24-26-14)19(21)25-16/h7-8,10-11,22,30H,3-6,9H2,1-2H3,(H,23,25)(H,24,26). The quantitative estimate of drug-likeness (QED) is 0.321. The van der Waals surface area contributed by atoms with E-state index in [0.717, 1.165) is 10.9 Å². The Hall–Kier alpha value is -3.11. The molecule has 4 N–H and O–H groups in total. The van der Waals surface area contributed by atoms with E-state index >= 15 is 0 Å². The zero-order valence-corrected chi connectivity index (χ0v) is 18.0. The Morgan fingerprint density at radius 1 is 1.26 bits per heavy atom. The number of hydrogen-bond donors (Lipinski definition) is 4. The Labute approximate surface area is 183 Å². The Morgan fingerprint density at radius 2 is 2.06 bits per heavy atom. The molecule has 10 nitrogen and oxygen atoms in total. The molecule has 0 saturated carbocycles. The molecule has 1 aliphatic heterocycles. The molecule has 1 amide bonds. The lowest BCUT2D eigenvalue weighted by atomic mass is 10.1. The van der Waals surface area contributed by atoms with Crippen molar-refractivity contribution in [3.63, 3.8) is 0 Å². The average molecular weight is 446 g/mol. The molecule has 0 fully saturated rings. The first-order chi connectivity index (χ1) is 14.9. The number of hydrogen-bond acceptors (Lipinski definition) is 7. The van der Waals surface area contributed by atoms with Crippen LogP contribution in [0.15, 0.2) is 23.1 Å². The highest BCUT2D eigenvalue weighted by molar-refractivity contribution is 6.34. The van der Waals surface area contributed by atoms with E-state index in [1.54, 1.807) is 15.7 Å². The highest BCUT2D eigenvalue weighted by Gasteiger charge is 2.31. The van der Waals surface area contributed by atoms with Gasteiger partial charge in [0, 0.05) is 56.6 Å². The third kappa shape index (κ3) is 4.08. The number of halogens is 1. The molecule has 4 rings (SSSR count). The third-order valence-corrected chi connectivity index (χ3v) is 5.62. The zero-order chi connectivity index (χ0) is 22.1. The summed E-state index contributed by atoms with van der Waals surface area (Å²) in [6.45, 7) is 6.40. The lowest BCUT2D eigenvalue weighted by Gasteiger charge is -2.34. The summed E-state index contributed by atoms with van der Waals surface area (Å²) in [6.07, 6.45) is 1.63. The van der Waals surface area contributed by atoms with Gasteiger partial charge in [0.05, 0.1) is 17.1 Å². The predicted molar refractivity (Wildman–Crippen MR) is 118 cm³/mol. The molecule has 164 valence electrons. The van der Waals surface area contributed by atoms with Gasteiger partial charge in [-0.1, -0.05) is 11.6 Å². The number of H-pyrrole nitrogens is 1. The minimum absolute atomic E-state index is 0.00769. The van der Waals surface area contributed by atoms with Crippen LogP contribution in [0.5, 0.6) is 5.75 Å². The molecule has 11 heteroatoms. The zero-order valence-electron chi connectivity index (χ0n) is 17.3. The van der Waals surface area contributed by atoms with Crippen LogP contribution in [0.4, 0.5) is 5.82 Å². The van der Waals surface area contributed by atoms with Gasteiger partial charge in [0.25, 0.3) is 5.91 Å². The van der Waals surface area contributed by atoms with Gasteiger partial charge in [-0.25, -0.2) is 4.98 Å². The molecule has 0 aliphatic carbocycles. The number of amides is 1. The van der Waals surface area contributed by atoms with Gasteiger partial charge in [0.15, 0.2) is 11.4 Å². The largest absolute Gasteiger partial charge is 0.503 e. The van der Waals surface area contributed by atoms with Crippen molar-refractivity contribution in [2.75, 3.05) is 25.0 Å². The number of fused-ring (bicyclic) bond motifs is 2. The van der Waals surface area contributed by atoms with Crippen LogP contribution in [0.1, 0.15) is 30.0 Å². The lowest BCUT2D eigenvalue weighted by molar-refractivity contribution is 0.0639. The van der Waals surface area contributed by atoms with Gasteiger partial charge in [-0.2, -0.15) is 5.10 Å². The second kappa shape index (κ2) is 8.56. The summed E-state index contributed by atoms with van der Waals surface area (Å²) in [5.41, 5.74) is 0.973. The Balaban J connectivity index is 1.40. The summed E-state index contributed by atoms with van der Waals surface area (Å²) in [4.78, 5) is 30.9. The topological polar surface area (TPSA) is 128 Å². The fraction of sp³-hybridized carbons (Fsp3) is 0.400. The van der Waals surface area contributed by atoms with E-state index in [-0.39, 0.29) is 17.6 Å². The van der Waals surface area contributed by atoms with Crippen LogP contribution in [0.25, 0.3) is 10.9 Å². The molecule has 0 bridgehead atoms. The summed E-state index contributed by atoms with van der Waals surface area (Å²) < 4.78 is 1.73. The monoisotopic (exact) mass is 445 g/mol. The number of carbonyl (C=O) groups is 1. The summed E-state index contributed by atoms with van der Waals surface area (Å²) in [6, 6.07) is 3.20. The highest BCUT2D eigenvalue weighted by atomic mass is 35.5. The normalized spacial score (nSPS) is 13.8. The first kappa shape index (κ1) is 21.1. The van der Waals surface area contributed by atoms with Crippen molar-refractivity contribution in [1.29, 1.82) is 0 Å². The van der Waals surface area contributed by atoms with Gasteiger partial charge in [-0.15, -0.1) is 0 Å². The van der Waals surface area contributed by atoms with Gasteiger partial charge in [0.1, 0.15) is 11.0 Å². The van der Waals surface area contributed by atoms with Gasteiger partial charge in [-0.05, 0) is 13.8 Å². The fourth-order valence-electron chi connectivity index (χ4n) is 3.73. The predicted octanol–water partition coefficient (Wildman–Crippen LogP) is 1.54. The molecule has 4 heterocycles. The molecule has 0 aromatic carbocycles. The maximum Gasteiger partial charge on any atom is 0.274 e. The van der Waals surface area contributed by atoms with E-state index in [9.17, 15) is 14.7 Å². The van der Waals surface area contributed by atoms with Crippen LogP contribution >= 0.6 is 11.6 Å². The summed E-state index contributed by atoms with van der Waals surface area (Å²) in [5, 5.41) is 24.6. The summed E-state index contributed by atoms with van der Waals surface area (Å²) in [5.74, 6) is -0.185. The third-order valence-electron chi connectivity index (χ3n) is 5.33. The smallest absolute Gasteiger partial charge is 0.274 e. The molecule has 3 aromatic rings. The van der Waals surface area contributed by atoms with Crippen molar-refractivity contribution < 1.29 is 9.90 Å². The van der Waals surface area contributed by atoms with Crippen molar-refractivity contribution >= 4 is 34.2 Å². The minimum Gasteiger partial charge on any atom is -0.503 e. The van der Waals surface area contributed by atoms with E-state index in [1.165, 1.54) is 6.07 Å². The fourth-order valence-corrected chi connectivity index (χ4v) is 3.98. The van der Waals surface area contributed by atoms with Crippen LogP contribution in [0, 0.1) is 0 Å². The van der Waals surface area contributed by atoms with Crippen molar-refractivity contribution in [2.45, 2.75) is 33.0 Å². The molecular weight excluding hydrogens is 422 g/mol. The van der Waals surface area contributed by atoms with Crippen LogP contribution in [-0.2, 0) is 13.1 Å². The number of anilines is 1. The molecule has 0 unspecified atom stereocenters. The van der Waals surface area contributed by atoms with Crippen molar-refractivity contribution in [1.82, 2.24) is 30.0 Å². The minimum atomic E-state index is -0.549. The van der Waals surface area contributed by atoms with E-state index in [2.05, 4.69) is 25.8 Å². The number of nitrogens with one attached hydrogen (secondary N) is 3. The number of aromatic hydroxyl groups is 1. The first-order valence-corrected chi connectivity index (χ1v) is 10.5. The maximum absolute atomic E-state index is 12.8. The van der Waals surface area contributed by atoms with Crippen LogP contribution in [-0.4, -0.2) is 61.3 Å². The molecule has 0 radical (unpaired) electrons. The molecule has 0 atom stereocenters. The molecule has 0 saturated heterocycles. The second-order valence-corrected chi connectivity index (χ2v) is 8.03. The molecule has 1 aliphatic rings. The van der Waals surface area contributed by atoms with E-state index < -0.39 is 11.2 Å². The number of carbonyl (C=O) groups excluding carboxylic acids is 1. The van der Waals surface area contributed by atoms with Crippen LogP contribution < -0.4 is 16.1 Å². The molecule has 0 spiro atoms. The average Bonchev–Trinajstić information content (AvgIpc) is 3.20. The summed E-state index contributed by atoms with van der Waals surface area (Å²) in [7, 11) is 0. The van der Waals surface area contributed by atoms with Crippen LogP contribution in [0.2, 0.25) is 5.15 Å². The number of nitrogens with zero attached hydrogens (tertiary/aromatic N) is 4. The number of pyridine rings is 2. The Morgan fingerprint density at radius 3 is 2.84 bits per heavy atom. The number of aromatic amines is 1. The number of aromatic nitrogens is 4. The molecule has 3 aromatic heterocycles. The molecule has 31 heavy (non-hydrogen) atoms. The second-order valence-electron chi connectivity index (χ2n) is 7.67. The van der Waals surface area contributed by atoms with E-state index in [0.29, 0.717) is 49.4 Å². The van der Waals surface area contributed by atoms with Crippen molar-refractivity contribution in [3.05, 3.63) is 45.1 Å². The van der Waals surface area contributed by atoms with Crippen molar-refractivity contribution in [2.24, 2.45) is 0 Å². The Kier molecular flexibility index (Phi) is 5.84. The maximum atomic E-state index is 12.8. The number of rotatable bonds is 7. The van der Waals surface area contributed by atoms with Crippen molar-refractivity contribution in [3.8, 4) is 5.75 Å². The Bertz CT molecular complexity index is 1190. The van der Waals surface area contributed by atoms with Gasteiger partial charge in [-0.3, -0.25) is 14.7 Å². The van der Waals surface area contributed by atoms with Gasteiger partial charge < -0.3 is 25.2 Å². The van der Waals surface area contributed by atoms with Gasteiger partial charge >= 0.3 is 0 Å². The van der Waals surface area contributed by atoms with Gasteiger partial charge in [0.2, 0.25) is 5.43 Å². The SMILES string of the molecule is CC(C)N1CCn2c(CNCCNc3cc4[nH]ncc4c(Cl)n3)cc(=O)c(O)c2C1=O. The highest BCUT2D eigenvalue weighted by Crippen LogP contribution is 2.23. The van der Waals surface area contributed by atoms with E-state index in [1.807, 2.05) is 19.9 Å². The summed E-state index contributed by atoms with van der Waals surface area (Å²) >= 11 is 6.15. The lowest BCUT2D eigenvalue weighted by Crippen LogP contribution is -2.46. The first-order valence-electron chi connectivity index (χ1n) is 10.1. The molecular formula is C20H24ClN7O3.